The molecule has 1 aromatic heterocycles. The van der Waals surface area contributed by atoms with E-state index in [2.05, 4.69) is 126 Å². The third-order valence-corrected chi connectivity index (χ3v) is 15.7. The standard InChI is InChI=1S/C50H48IN4O2/c52-49(40-21-11-19-38-36-18-8-10-24-45(36)56-47(38)40)53-50(54-51-34-15-5-2-6-16-34)33-25-27-37-39-20-12-23-44(48(39)57-46(37)30-33)55-42-22-9-7-17-35(42)41-29-32(26-28-43(41)55)31-13-3-1-4-14-31/h1,3-5,7-8,10,12-15,17-18,20-21,23-24,26,28-29,33-36,42,45H,2,6,9,11,16,19,22,25,27,30H2,(H2,52,53,54)/q-1. The van der Waals surface area contributed by atoms with Crippen LogP contribution < -0.4 is 32.1 Å². The number of hydrogen-bond acceptors (Lipinski definition) is 4. The number of anilines is 2. The van der Waals surface area contributed by atoms with Crippen molar-refractivity contribution in [1.29, 1.82) is 0 Å². The minimum absolute atomic E-state index is 0.0439. The SMILES string of the molecule is NC(=NC(=N[I-]C1C=CCCC1)C1CCc2c(oc3c(N4c5ccc(-c6ccccc6)cc5C5C=CCCC54)cccc23)C1)C1=CCCC2=C1OC1C=CC=CC21. The van der Waals surface area contributed by atoms with Crippen LogP contribution in [0.1, 0.15) is 74.2 Å². The number of nitrogens with two attached hydrogens (primary N) is 1. The zero-order chi connectivity index (χ0) is 37.9. The first kappa shape index (κ1) is 35.3. The predicted molar refractivity (Wildman–Crippen MR) is 227 cm³/mol. The van der Waals surface area contributed by atoms with Crippen molar-refractivity contribution in [3.05, 3.63) is 155 Å². The fourth-order valence-electron chi connectivity index (χ4n) is 10.4. The Labute approximate surface area is 346 Å². The predicted octanol–water partition coefficient (Wildman–Crippen LogP) is 8.14. The van der Waals surface area contributed by atoms with E-state index in [1.165, 1.54) is 63.9 Å². The Morgan fingerprint density at radius 2 is 1.72 bits per heavy atom. The average molecular weight is 864 g/mol. The quantitative estimate of drug-likeness (QED) is 0.0699. The number of aliphatic imine (C=N–C) groups is 1. The molecule has 3 heterocycles. The molecule has 2 aliphatic heterocycles. The third-order valence-electron chi connectivity index (χ3n) is 13.2. The van der Waals surface area contributed by atoms with E-state index in [4.69, 9.17) is 23.1 Å². The monoisotopic (exact) mass is 863 g/mol. The maximum absolute atomic E-state index is 7.08. The number of nitrogens with zero attached hydrogens (tertiary/aromatic N) is 3. The topological polar surface area (TPSA) is 76.3 Å². The van der Waals surface area contributed by atoms with Gasteiger partial charge in [0.05, 0.1) is 0 Å². The van der Waals surface area contributed by atoms with Gasteiger partial charge in [-0.15, -0.1) is 0 Å². The zero-order valence-electron chi connectivity index (χ0n) is 32.2. The summed E-state index contributed by atoms with van der Waals surface area (Å²) < 4.78 is 19.6. The molecule has 0 saturated heterocycles. The van der Waals surface area contributed by atoms with Crippen molar-refractivity contribution in [2.45, 2.75) is 86.2 Å². The molecule has 6 atom stereocenters. The molecule has 6 nitrogen and oxygen atoms in total. The molecule has 7 heteroatoms. The number of para-hydroxylation sites is 1. The Bertz CT molecular complexity index is 2500. The Morgan fingerprint density at radius 1 is 0.807 bits per heavy atom. The summed E-state index contributed by atoms with van der Waals surface area (Å²) >= 11 is -0.474. The summed E-state index contributed by atoms with van der Waals surface area (Å²) in [4.78, 5) is 7.86. The molecule has 2 N–H and O–H groups in total. The number of halogens is 1. The fourth-order valence-corrected chi connectivity index (χ4v) is 12.7. The normalized spacial score (nSPS) is 27.6. The fraction of sp³-hybridized carbons (Fsp3) is 0.320. The molecular weight excluding hydrogens is 815 g/mol. The van der Waals surface area contributed by atoms with Crippen LogP contribution >= 0.6 is 0 Å². The molecule has 0 amide bonds. The van der Waals surface area contributed by atoms with E-state index < -0.39 is 21.5 Å². The van der Waals surface area contributed by atoms with Crippen molar-refractivity contribution in [1.82, 2.24) is 0 Å². The van der Waals surface area contributed by atoms with Crippen LogP contribution in [0.25, 0.3) is 22.1 Å². The van der Waals surface area contributed by atoms with E-state index >= 15 is 0 Å². The first-order valence-electron chi connectivity index (χ1n) is 21.0. The number of alkyl halides is 1. The number of furan rings is 1. The van der Waals surface area contributed by atoms with Crippen LogP contribution in [-0.2, 0) is 17.6 Å². The van der Waals surface area contributed by atoms with E-state index in [9.17, 15) is 0 Å². The molecule has 57 heavy (non-hydrogen) atoms. The van der Waals surface area contributed by atoms with Gasteiger partial charge in [0, 0.05) is 0 Å². The second-order valence-corrected chi connectivity index (χ2v) is 19.1. The average Bonchev–Trinajstić information content (AvgIpc) is 3.95. The zero-order valence-corrected chi connectivity index (χ0v) is 34.4. The van der Waals surface area contributed by atoms with Crippen molar-refractivity contribution in [3.8, 4) is 11.1 Å². The molecule has 4 aromatic rings. The van der Waals surface area contributed by atoms with E-state index in [0.29, 0.717) is 21.7 Å². The Morgan fingerprint density at radius 3 is 2.63 bits per heavy atom. The van der Waals surface area contributed by atoms with Crippen LogP contribution in [0, 0.1) is 11.8 Å². The molecule has 5 aliphatic carbocycles. The van der Waals surface area contributed by atoms with Gasteiger partial charge in [0.1, 0.15) is 0 Å². The molecule has 6 unspecified atom stereocenters. The summed E-state index contributed by atoms with van der Waals surface area (Å²) in [7, 11) is 0. The van der Waals surface area contributed by atoms with Gasteiger partial charge in [-0.2, -0.15) is 0 Å². The van der Waals surface area contributed by atoms with Gasteiger partial charge < -0.3 is 0 Å². The number of benzene rings is 3. The summed E-state index contributed by atoms with van der Waals surface area (Å²) in [6.07, 6.45) is 30.9. The van der Waals surface area contributed by atoms with Gasteiger partial charge in [0.2, 0.25) is 0 Å². The number of amidine groups is 2. The Kier molecular flexibility index (Phi) is 9.16. The molecule has 0 bridgehead atoms. The van der Waals surface area contributed by atoms with Crippen molar-refractivity contribution in [3.63, 3.8) is 0 Å². The van der Waals surface area contributed by atoms with Crippen molar-refractivity contribution in [2.24, 2.45) is 25.8 Å². The van der Waals surface area contributed by atoms with Crippen LogP contribution in [0.3, 0.4) is 0 Å². The van der Waals surface area contributed by atoms with Gasteiger partial charge in [0.15, 0.2) is 0 Å². The summed E-state index contributed by atoms with van der Waals surface area (Å²) in [6, 6.07) is 25.0. The van der Waals surface area contributed by atoms with Crippen LogP contribution in [0.2, 0.25) is 0 Å². The van der Waals surface area contributed by atoms with Gasteiger partial charge in [-0.3, -0.25) is 0 Å². The number of ether oxygens (including phenoxy) is 1. The van der Waals surface area contributed by atoms with E-state index in [1.54, 1.807) is 0 Å². The molecule has 288 valence electrons. The Hall–Kier alpha value is -4.89. The number of fused-ring (bicyclic) bond motifs is 8. The first-order valence-corrected chi connectivity index (χ1v) is 23.2. The molecule has 0 radical (unpaired) electrons. The van der Waals surface area contributed by atoms with Gasteiger partial charge >= 0.3 is 300 Å². The maximum atomic E-state index is 7.08. The van der Waals surface area contributed by atoms with Crippen molar-refractivity contribution >= 4 is 34.0 Å². The van der Waals surface area contributed by atoms with Gasteiger partial charge in [-0.05, 0) is 11.1 Å². The summed E-state index contributed by atoms with van der Waals surface area (Å²) in [5, 5.41) is 1.24. The van der Waals surface area contributed by atoms with Gasteiger partial charge in [0.25, 0.3) is 0 Å². The van der Waals surface area contributed by atoms with Crippen molar-refractivity contribution in [2.75, 3.05) is 4.90 Å². The van der Waals surface area contributed by atoms with E-state index in [1.807, 2.05) is 0 Å². The van der Waals surface area contributed by atoms with E-state index in [-0.39, 0.29) is 17.9 Å². The molecule has 11 rings (SSSR count). The number of allylic oxidation sites excluding steroid dienone is 6. The molecule has 0 saturated carbocycles. The minimum atomic E-state index is -0.474. The van der Waals surface area contributed by atoms with Gasteiger partial charge in [-0.25, -0.2) is 0 Å². The molecule has 0 fully saturated rings. The van der Waals surface area contributed by atoms with Crippen molar-refractivity contribution < 1.29 is 30.6 Å². The first-order chi connectivity index (χ1) is 28.2. The molecule has 7 aliphatic rings. The van der Waals surface area contributed by atoms with Crippen LogP contribution in [0.5, 0.6) is 0 Å². The second kappa shape index (κ2) is 14.8. The summed E-state index contributed by atoms with van der Waals surface area (Å²) in [5.41, 5.74) is 18.1. The molecule has 3 aromatic carbocycles. The third kappa shape index (κ3) is 6.28. The van der Waals surface area contributed by atoms with Crippen LogP contribution in [0.4, 0.5) is 11.4 Å². The number of rotatable bonds is 6. The van der Waals surface area contributed by atoms with Crippen LogP contribution in [0.15, 0.2) is 151 Å². The van der Waals surface area contributed by atoms with E-state index in [0.717, 1.165) is 73.5 Å². The van der Waals surface area contributed by atoms with Crippen LogP contribution in [-0.4, -0.2) is 27.7 Å². The second-order valence-electron chi connectivity index (χ2n) is 16.5. The Balaban J connectivity index is 0.933. The molecule has 0 spiro atoms. The summed E-state index contributed by atoms with van der Waals surface area (Å²) in [6.45, 7) is 0. The molecular formula is C50H48IN4O2-. The number of hydrogen-bond donors (Lipinski definition) is 1. The summed E-state index contributed by atoms with van der Waals surface area (Å²) in [5.74, 6) is 4.22. The van der Waals surface area contributed by atoms with Gasteiger partial charge in [-0.1, -0.05) is 36.4 Å². The number of aryl methyl sites for hydroxylation is 1.